The largest absolute Gasteiger partial charge is 0.508 e. The maximum atomic E-state index is 11.8. The van der Waals surface area contributed by atoms with Gasteiger partial charge in [-0.05, 0) is 47.6 Å². The van der Waals surface area contributed by atoms with Gasteiger partial charge in [-0.25, -0.2) is 0 Å². The number of ketones is 2. The van der Waals surface area contributed by atoms with Crippen LogP contribution in [0.5, 0.6) is 5.75 Å². The molecule has 23 heavy (non-hydrogen) atoms. The minimum absolute atomic E-state index is 0.161. The van der Waals surface area contributed by atoms with Gasteiger partial charge in [-0.1, -0.05) is 36.4 Å². The molecule has 4 heteroatoms. The molecule has 0 unspecified atom stereocenters. The monoisotopic (exact) mass is 307 g/mol. The van der Waals surface area contributed by atoms with Gasteiger partial charge < -0.3 is 10.8 Å². The highest BCUT2D eigenvalue weighted by Crippen LogP contribution is 2.13. The standard InChI is InChI=1S/C19H17NO3/c20-19-4-2-1-3-15(19)8-12-18(23)13-17(22)11-7-14-5-9-16(21)10-6-14/h1-12,21H,13,20H2. The Hall–Kier alpha value is -3.14. The van der Waals surface area contributed by atoms with E-state index in [-0.39, 0.29) is 23.7 Å². The van der Waals surface area contributed by atoms with E-state index >= 15 is 0 Å². The summed E-state index contributed by atoms with van der Waals surface area (Å²) in [5.74, 6) is -0.406. The van der Waals surface area contributed by atoms with Crippen LogP contribution in [0.1, 0.15) is 17.5 Å². The van der Waals surface area contributed by atoms with E-state index in [0.29, 0.717) is 5.69 Å². The molecule has 0 bridgehead atoms. The first-order valence-electron chi connectivity index (χ1n) is 7.10. The van der Waals surface area contributed by atoms with E-state index in [0.717, 1.165) is 11.1 Å². The van der Waals surface area contributed by atoms with Crippen molar-refractivity contribution in [1.29, 1.82) is 0 Å². The average Bonchev–Trinajstić information content (AvgIpc) is 2.53. The molecule has 2 rings (SSSR count). The van der Waals surface area contributed by atoms with Gasteiger partial charge in [-0.15, -0.1) is 0 Å². The number of anilines is 1. The predicted molar refractivity (Wildman–Crippen MR) is 91.7 cm³/mol. The zero-order valence-electron chi connectivity index (χ0n) is 12.5. The van der Waals surface area contributed by atoms with Gasteiger partial charge in [0.25, 0.3) is 0 Å². The highest BCUT2D eigenvalue weighted by molar-refractivity contribution is 6.11. The van der Waals surface area contributed by atoms with Crippen LogP contribution in [-0.4, -0.2) is 16.7 Å². The van der Waals surface area contributed by atoms with E-state index < -0.39 is 0 Å². The molecule has 0 radical (unpaired) electrons. The number of phenolic OH excluding ortho intramolecular Hbond substituents is 1. The Balaban J connectivity index is 1.91. The van der Waals surface area contributed by atoms with Gasteiger partial charge in [-0.3, -0.25) is 9.59 Å². The molecular weight excluding hydrogens is 290 g/mol. The maximum absolute atomic E-state index is 11.8. The lowest BCUT2D eigenvalue weighted by atomic mass is 10.1. The fourth-order valence-corrected chi connectivity index (χ4v) is 1.91. The van der Waals surface area contributed by atoms with E-state index in [2.05, 4.69) is 0 Å². The Kier molecular flexibility index (Phi) is 5.47. The Bertz CT molecular complexity index is 758. The van der Waals surface area contributed by atoms with E-state index in [1.807, 2.05) is 12.1 Å². The Morgan fingerprint density at radius 3 is 2.17 bits per heavy atom. The van der Waals surface area contributed by atoms with Crippen molar-refractivity contribution >= 4 is 29.4 Å². The van der Waals surface area contributed by atoms with Crippen LogP contribution in [0.2, 0.25) is 0 Å². The van der Waals surface area contributed by atoms with Crippen LogP contribution in [0.15, 0.2) is 60.7 Å². The molecule has 116 valence electrons. The fourth-order valence-electron chi connectivity index (χ4n) is 1.91. The number of hydrogen-bond acceptors (Lipinski definition) is 4. The van der Waals surface area contributed by atoms with Gasteiger partial charge in [0.2, 0.25) is 0 Å². The molecule has 0 aliphatic rings. The van der Waals surface area contributed by atoms with Crippen LogP contribution in [0.3, 0.4) is 0 Å². The molecule has 0 saturated carbocycles. The van der Waals surface area contributed by atoms with Gasteiger partial charge >= 0.3 is 0 Å². The summed E-state index contributed by atoms with van der Waals surface area (Å²) in [6, 6.07) is 13.6. The molecule has 0 heterocycles. The molecule has 2 aromatic carbocycles. The van der Waals surface area contributed by atoms with Gasteiger partial charge in [0, 0.05) is 5.69 Å². The molecule has 3 N–H and O–H groups in total. The second-order valence-electron chi connectivity index (χ2n) is 5.00. The second-order valence-corrected chi connectivity index (χ2v) is 5.00. The first kappa shape index (κ1) is 16.2. The van der Waals surface area contributed by atoms with E-state index in [9.17, 15) is 14.7 Å². The number of nitrogens with two attached hydrogens (primary N) is 1. The third-order valence-corrected chi connectivity index (χ3v) is 3.15. The smallest absolute Gasteiger partial charge is 0.163 e. The average molecular weight is 307 g/mol. The topological polar surface area (TPSA) is 80.4 Å². The van der Waals surface area contributed by atoms with Gasteiger partial charge in [0.15, 0.2) is 11.6 Å². The first-order valence-corrected chi connectivity index (χ1v) is 7.10. The van der Waals surface area contributed by atoms with Crippen molar-refractivity contribution < 1.29 is 14.7 Å². The highest BCUT2D eigenvalue weighted by Gasteiger charge is 2.04. The highest BCUT2D eigenvalue weighted by atomic mass is 16.3. The molecule has 4 nitrogen and oxygen atoms in total. The number of nitrogen functional groups attached to an aromatic ring is 1. The van der Waals surface area contributed by atoms with Crippen LogP contribution >= 0.6 is 0 Å². The lowest BCUT2D eigenvalue weighted by Crippen LogP contribution is -2.02. The summed E-state index contributed by atoms with van der Waals surface area (Å²) in [4.78, 5) is 23.5. The Labute approximate surface area is 134 Å². The molecule has 0 atom stereocenters. The summed E-state index contributed by atoms with van der Waals surface area (Å²) in [5, 5.41) is 9.17. The van der Waals surface area contributed by atoms with Crippen LogP contribution in [0, 0.1) is 0 Å². The number of carbonyl (C=O) groups excluding carboxylic acids is 2. The van der Waals surface area contributed by atoms with Crippen molar-refractivity contribution in [3.63, 3.8) is 0 Å². The number of benzene rings is 2. The van der Waals surface area contributed by atoms with E-state index in [1.54, 1.807) is 36.4 Å². The molecule has 0 aromatic heterocycles. The summed E-state index contributed by atoms with van der Waals surface area (Å²) in [7, 11) is 0. The van der Waals surface area contributed by atoms with Crippen LogP contribution in [0.25, 0.3) is 12.2 Å². The maximum Gasteiger partial charge on any atom is 0.163 e. The third-order valence-electron chi connectivity index (χ3n) is 3.15. The normalized spacial score (nSPS) is 11.1. The lowest BCUT2D eigenvalue weighted by Gasteiger charge is -1.98. The minimum Gasteiger partial charge on any atom is -0.508 e. The number of carbonyl (C=O) groups is 2. The fraction of sp³-hybridized carbons (Fsp3) is 0.0526. The van der Waals surface area contributed by atoms with E-state index in [4.69, 9.17) is 5.73 Å². The number of aromatic hydroxyl groups is 1. The molecule has 2 aromatic rings. The zero-order chi connectivity index (χ0) is 16.7. The predicted octanol–water partition coefficient (Wildman–Crippen LogP) is 3.23. The third kappa shape index (κ3) is 5.28. The summed E-state index contributed by atoms with van der Waals surface area (Å²) in [6.07, 6.45) is 5.73. The van der Waals surface area contributed by atoms with Crippen molar-refractivity contribution in [2.24, 2.45) is 0 Å². The van der Waals surface area contributed by atoms with Crippen LogP contribution in [0.4, 0.5) is 5.69 Å². The molecular formula is C19H17NO3. The number of rotatable bonds is 6. The SMILES string of the molecule is Nc1ccccc1C=CC(=O)CC(=O)C=Cc1ccc(O)cc1. The van der Waals surface area contributed by atoms with Crippen LogP contribution < -0.4 is 5.73 Å². The minimum atomic E-state index is -0.284. The Morgan fingerprint density at radius 1 is 0.913 bits per heavy atom. The van der Waals surface area contributed by atoms with Gasteiger partial charge in [-0.2, -0.15) is 0 Å². The van der Waals surface area contributed by atoms with Gasteiger partial charge in [0.05, 0.1) is 6.42 Å². The number of para-hydroxylation sites is 1. The summed E-state index contributed by atoms with van der Waals surface area (Å²) < 4.78 is 0. The number of phenols is 1. The number of hydrogen-bond donors (Lipinski definition) is 2. The lowest BCUT2D eigenvalue weighted by molar-refractivity contribution is -0.121. The first-order chi connectivity index (χ1) is 11.0. The van der Waals surface area contributed by atoms with Crippen LogP contribution in [-0.2, 0) is 9.59 Å². The van der Waals surface area contributed by atoms with Gasteiger partial charge in [0.1, 0.15) is 5.75 Å². The molecule has 0 fully saturated rings. The number of allylic oxidation sites excluding steroid dienone is 2. The molecule has 0 aliphatic carbocycles. The second kappa shape index (κ2) is 7.75. The van der Waals surface area contributed by atoms with Crippen molar-refractivity contribution in [2.45, 2.75) is 6.42 Å². The van der Waals surface area contributed by atoms with Crippen molar-refractivity contribution in [3.8, 4) is 5.75 Å². The Morgan fingerprint density at radius 2 is 1.52 bits per heavy atom. The molecule has 0 spiro atoms. The molecule has 0 amide bonds. The summed E-state index contributed by atoms with van der Waals surface area (Å²) in [5.41, 5.74) is 7.87. The van der Waals surface area contributed by atoms with Crippen molar-refractivity contribution in [2.75, 3.05) is 5.73 Å². The zero-order valence-corrected chi connectivity index (χ0v) is 12.5. The quantitative estimate of drug-likeness (QED) is 0.488. The summed E-state index contributed by atoms with van der Waals surface area (Å²) >= 11 is 0. The van der Waals surface area contributed by atoms with Crippen molar-refractivity contribution in [3.05, 3.63) is 71.8 Å². The van der Waals surface area contributed by atoms with E-state index in [1.165, 1.54) is 24.3 Å². The molecule has 0 aliphatic heterocycles. The molecule has 0 saturated heterocycles. The summed E-state index contributed by atoms with van der Waals surface area (Å²) in [6.45, 7) is 0. The van der Waals surface area contributed by atoms with Crippen molar-refractivity contribution in [1.82, 2.24) is 0 Å².